The molecule has 2 aromatic carbocycles. The Hall–Kier alpha value is -2.34. The summed E-state index contributed by atoms with van der Waals surface area (Å²) in [5.74, 6) is -0.416. The number of hydrogen-bond donors (Lipinski definition) is 3. The predicted molar refractivity (Wildman–Crippen MR) is 97.5 cm³/mol. The van der Waals surface area contributed by atoms with E-state index in [9.17, 15) is 4.79 Å². The Balaban J connectivity index is 1.65. The molecule has 0 heterocycles. The Kier molecular flexibility index (Phi) is 5.15. The average molecular weight is 344 g/mol. The Labute approximate surface area is 146 Å². The second kappa shape index (κ2) is 7.49. The summed E-state index contributed by atoms with van der Waals surface area (Å²) in [5.41, 5.74) is 1.18. The molecule has 0 saturated heterocycles. The van der Waals surface area contributed by atoms with E-state index >= 15 is 0 Å². The van der Waals surface area contributed by atoms with E-state index < -0.39 is 5.97 Å². The maximum Gasteiger partial charge on any atom is 0.341 e. The molecular weight excluding hydrogens is 324 g/mol. The minimum Gasteiger partial charge on any atom is -0.482 e. The maximum atomic E-state index is 10.6. The molecule has 24 heavy (non-hydrogen) atoms. The lowest BCUT2D eigenvalue weighted by Gasteiger charge is -2.12. The number of benzene rings is 2. The zero-order valence-corrected chi connectivity index (χ0v) is 14.1. The van der Waals surface area contributed by atoms with Gasteiger partial charge in [-0.1, -0.05) is 24.3 Å². The number of hydrogen-bond acceptors (Lipinski definition) is 3. The summed E-state index contributed by atoms with van der Waals surface area (Å²) >= 11 is 5.26. The number of aliphatic carboxylic acids is 1. The van der Waals surface area contributed by atoms with Gasteiger partial charge in [0.15, 0.2) is 11.7 Å². The third-order valence-corrected chi connectivity index (χ3v) is 4.16. The summed E-state index contributed by atoms with van der Waals surface area (Å²) in [6, 6.07) is 12.3. The summed E-state index contributed by atoms with van der Waals surface area (Å²) in [7, 11) is 0. The normalized spacial score (nSPS) is 13.5. The van der Waals surface area contributed by atoms with E-state index in [1.54, 1.807) is 6.07 Å². The van der Waals surface area contributed by atoms with Gasteiger partial charge in [0, 0.05) is 12.6 Å². The minimum atomic E-state index is -0.982. The summed E-state index contributed by atoms with van der Waals surface area (Å²) in [4.78, 5) is 10.6. The number of fused-ring (bicyclic) bond motifs is 1. The molecule has 0 atom stereocenters. The summed E-state index contributed by atoms with van der Waals surface area (Å²) < 4.78 is 5.28. The van der Waals surface area contributed by atoms with E-state index in [4.69, 9.17) is 22.1 Å². The van der Waals surface area contributed by atoms with Gasteiger partial charge in [-0.25, -0.2) is 4.79 Å². The van der Waals surface area contributed by atoms with Crippen LogP contribution in [0.2, 0.25) is 0 Å². The van der Waals surface area contributed by atoms with E-state index in [-0.39, 0.29) is 6.61 Å². The number of thiocarbonyl (C=S) groups is 1. The number of carbonyl (C=O) groups is 1. The molecule has 3 rings (SSSR count). The van der Waals surface area contributed by atoms with Crippen LogP contribution in [0.1, 0.15) is 18.4 Å². The zero-order chi connectivity index (χ0) is 16.9. The highest BCUT2D eigenvalue weighted by Gasteiger charge is 2.21. The molecule has 2 aromatic rings. The molecule has 5 nitrogen and oxygen atoms in total. The van der Waals surface area contributed by atoms with Crippen LogP contribution in [0, 0.1) is 0 Å². The van der Waals surface area contributed by atoms with Crippen LogP contribution in [-0.2, 0) is 11.2 Å². The second-order valence-corrected chi connectivity index (χ2v) is 6.32. The van der Waals surface area contributed by atoms with E-state index in [0.29, 0.717) is 16.9 Å². The summed E-state index contributed by atoms with van der Waals surface area (Å²) in [5, 5.41) is 18.1. The van der Waals surface area contributed by atoms with Crippen molar-refractivity contribution in [1.29, 1.82) is 0 Å². The van der Waals surface area contributed by atoms with Crippen molar-refractivity contribution >= 4 is 34.1 Å². The van der Waals surface area contributed by atoms with E-state index in [0.717, 1.165) is 23.7 Å². The van der Waals surface area contributed by atoms with Crippen molar-refractivity contribution in [3.8, 4) is 5.75 Å². The molecule has 0 spiro atoms. The number of carboxylic acid groups (broad SMARTS) is 1. The van der Waals surface area contributed by atoms with E-state index in [2.05, 4.69) is 16.7 Å². The summed E-state index contributed by atoms with van der Waals surface area (Å²) in [6.07, 6.45) is 3.22. The minimum absolute atomic E-state index is 0.337. The van der Waals surface area contributed by atoms with Gasteiger partial charge in [-0.15, -0.1) is 0 Å². The topological polar surface area (TPSA) is 70.6 Å². The molecule has 0 radical (unpaired) electrons. The van der Waals surface area contributed by atoms with Crippen LogP contribution >= 0.6 is 12.2 Å². The monoisotopic (exact) mass is 344 g/mol. The highest BCUT2D eigenvalue weighted by molar-refractivity contribution is 7.80. The molecule has 0 aliphatic heterocycles. The van der Waals surface area contributed by atoms with Gasteiger partial charge in [0.1, 0.15) is 5.75 Å². The van der Waals surface area contributed by atoms with Crippen LogP contribution in [0.4, 0.5) is 0 Å². The van der Waals surface area contributed by atoms with Crippen molar-refractivity contribution < 1.29 is 14.6 Å². The molecule has 1 fully saturated rings. The fourth-order valence-electron chi connectivity index (χ4n) is 2.54. The van der Waals surface area contributed by atoms with Gasteiger partial charge in [0.05, 0.1) is 0 Å². The van der Waals surface area contributed by atoms with Crippen LogP contribution in [0.5, 0.6) is 5.75 Å². The third kappa shape index (κ3) is 4.58. The third-order valence-electron chi connectivity index (χ3n) is 3.90. The Bertz CT molecular complexity index is 759. The fraction of sp³-hybridized carbons (Fsp3) is 0.333. The molecule has 6 heteroatoms. The van der Waals surface area contributed by atoms with Gasteiger partial charge < -0.3 is 20.5 Å². The molecule has 126 valence electrons. The molecule has 0 amide bonds. The molecule has 0 unspecified atom stereocenters. The van der Waals surface area contributed by atoms with Crippen LogP contribution in [0.25, 0.3) is 10.8 Å². The Morgan fingerprint density at radius 3 is 2.88 bits per heavy atom. The second-order valence-electron chi connectivity index (χ2n) is 5.91. The van der Waals surface area contributed by atoms with Crippen LogP contribution < -0.4 is 15.4 Å². The molecular formula is C18H20N2O3S. The zero-order valence-electron chi connectivity index (χ0n) is 13.2. The average Bonchev–Trinajstić information content (AvgIpc) is 3.37. The van der Waals surface area contributed by atoms with Crippen molar-refractivity contribution in [2.75, 3.05) is 13.2 Å². The standard InChI is InChI=1S/C18H20N2O3S/c21-17(22)11-23-15-7-4-12-2-1-3-13(16(12)10-15)8-9-19-18(24)20-14-5-6-14/h1-4,7,10,14H,5-6,8-9,11H2,(H,21,22)(H2,19,20,24). The lowest BCUT2D eigenvalue weighted by atomic mass is 10.0. The van der Waals surface area contributed by atoms with Gasteiger partial charge in [-0.2, -0.15) is 0 Å². The SMILES string of the molecule is O=C(O)COc1ccc2cccc(CCNC(=S)NC3CC3)c2c1. The number of carboxylic acids is 1. The molecule has 0 aromatic heterocycles. The van der Waals surface area contributed by atoms with E-state index in [1.165, 1.54) is 18.4 Å². The molecule has 1 aliphatic rings. The number of rotatable bonds is 7. The van der Waals surface area contributed by atoms with Crippen LogP contribution in [-0.4, -0.2) is 35.4 Å². The lowest BCUT2D eigenvalue weighted by molar-refractivity contribution is -0.139. The first-order chi connectivity index (χ1) is 11.6. The van der Waals surface area contributed by atoms with Gasteiger partial charge in [0.2, 0.25) is 0 Å². The van der Waals surface area contributed by atoms with E-state index in [1.807, 2.05) is 24.3 Å². The first kappa shape index (κ1) is 16.5. The molecule has 0 bridgehead atoms. The molecule has 1 aliphatic carbocycles. The fourth-order valence-corrected chi connectivity index (χ4v) is 2.81. The van der Waals surface area contributed by atoms with Gasteiger partial charge in [0.25, 0.3) is 0 Å². The number of nitrogens with one attached hydrogen (secondary N) is 2. The first-order valence-electron chi connectivity index (χ1n) is 8.02. The van der Waals surface area contributed by atoms with Gasteiger partial charge in [-0.05, 0) is 59.9 Å². The summed E-state index contributed by atoms with van der Waals surface area (Å²) in [6.45, 7) is 0.411. The first-order valence-corrected chi connectivity index (χ1v) is 8.43. The van der Waals surface area contributed by atoms with Crippen molar-refractivity contribution in [3.05, 3.63) is 42.0 Å². The van der Waals surface area contributed by atoms with Crippen molar-refractivity contribution in [3.63, 3.8) is 0 Å². The predicted octanol–water partition coefficient (Wildman–Crippen LogP) is 2.47. The quantitative estimate of drug-likeness (QED) is 0.671. The number of ether oxygens (including phenoxy) is 1. The lowest BCUT2D eigenvalue weighted by Crippen LogP contribution is -2.37. The largest absolute Gasteiger partial charge is 0.482 e. The maximum absolute atomic E-state index is 10.6. The van der Waals surface area contributed by atoms with Gasteiger partial charge in [-0.3, -0.25) is 0 Å². The van der Waals surface area contributed by atoms with Gasteiger partial charge >= 0.3 is 5.97 Å². The van der Waals surface area contributed by atoms with Crippen LogP contribution in [0.3, 0.4) is 0 Å². The van der Waals surface area contributed by atoms with Crippen molar-refractivity contribution in [1.82, 2.24) is 10.6 Å². The highest BCUT2D eigenvalue weighted by Crippen LogP contribution is 2.24. The smallest absolute Gasteiger partial charge is 0.341 e. The highest BCUT2D eigenvalue weighted by atomic mass is 32.1. The molecule has 1 saturated carbocycles. The Morgan fingerprint density at radius 1 is 1.29 bits per heavy atom. The molecule has 3 N–H and O–H groups in total. The van der Waals surface area contributed by atoms with Crippen molar-refractivity contribution in [2.24, 2.45) is 0 Å². The van der Waals surface area contributed by atoms with Crippen LogP contribution in [0.15, 0.2) is 36.4 Å². The van der Waals surface area contributed by atoms with Crippen molar-refractivity contribution in [2.45, 2.75) is 25.3 Å². The Morgan fingerprint density at radius 2 is 2.12 bits per heavy atom.